The van der Waals surface area contributed by atoms with Gasteiger partial charge in [0.1, 0.15) is 0 Å². The van der Waals surface area contributed by atoms with Gasteiger partial charge in [-0.3, -0.25) is 4.79 Å². The molecule has 4 nitrogen and oxygen atoms in total. The van der Waals surface area contributed by atoms with Crippen molar-refractivity contribution >= 4 is 5.78 Å². The van der Waals surface area contributed by atoms with E-state index in [9.17, 15) is 4.79 Å². The van der Waals surface area contributed by atoms with Crippen LogP contribution in [0.1, 0.15) is 25.7 Å². The molecule has 0 aromatic heterocycles. The second-order valence-corrected chi connectivity index (χ2v) is 4.53. The van der Waals surface area contributed by atoms with Crippen LogP contribution in [0.25, 0.3) is 0 Å². The van der Waals surface area contributed by atoms with Gasteiger partial charge in [-0.25, -0.2) is 5.32 Å². The number of Topliss-reactive ketones (excluding diaryl/α,β-unsaturated/α-hetero) is 1. The first-order valence-corrected chi connectivity index (χ1v) is 5.89. The highest BCUT2D eigenvalue weighted by Gasteiger charge is 2.43. The lowest BCUT2D eigenvalue weighted by Gasteiger charge is -2.32. The fourth-order valence-electron chi connectivity index (χ4n) is 2.70. The summed E-state index contributed by atoms with van der Waals surface area (Å²) in [5.74, 6) is 0.301. The van der Waals surface area contributed by atoms with E-state index in [4.69, 9.17) is 0 Å². The molecule has 4 heteroatoms. The fourth-order valence-corrected chi connectivity index (χ4v) is 2.70. The SMILES string of the molecule is CNC1(C(=O)C2CNCC[N]2)CCCC1. The van der Waals surface area contributed by atoms with E-state index in [0.29, 0.717) is 5.78 Å². The molecule has 85 valence electrons. The zero-order valence-electron chi connectivity index (χ0n) is 9.38. The Morgan fingerprint density at radius 1 is 1.47 bits per heavy atom. The number of hydrogen-bond acceptors (Lipinski definition) is 3. The summed E-state index contributed by atoms with van der Waals surface area (Å²) in [6, 6.07) is -0.121. The molecule has 1 aliphatic carbocycles. The van der Waals surface area contributed by atoms with Crippen molar-refractivity contribution in [1.29, 1.82) is 0 Å². The van der Waals surface area contributed by atoms with Crippen LogP contribution in [0.5, 0.6) is 0 Å². The zero-order chi connectivity index (χ0) is 10.7. The van der Waals surface area contributed by atoms with Crippen LogP contribution in [-0.4, -0.2) is 44.0 Å². The number of carbonyl (C=O) groups is 1. The molecule has 1 heterocycles. The van der Waals surface area contributed by atoms with Gasteiger partial charge in [0.2, 0.25) is 0 Å². The van der Waals surface area contributed by atoms with E-state index in [1.54, 1.807) is 0 Å². The lowest BCUT2D eigenvalue weighted by molar-refractivity contribution is -0.127. The molecule has 1 saturated heterocycles. The van der Waals surface area contributed by atoms with Crippen LogP contribution in [0.2, 0.25) is 0 Å². The van der Waals surface area contributed by atoms with Crippen molar-refractivity contribution in [3.8, 4) is 0 Å². The van der Waals surface area contributed by atoms with E-state index in [-0.39, 0.29) is 11.6 Å². The maximum atomic E-state index is 12.4. The number of rotatable bonds is 3. The Balaban J connectivity index is 2.03. The minimum atomic E-state index is -0.271. The van der Waals surface area contributed by atoms with Crippen molar-refractivity contribution in [2.24, 2.45) is 0 Å². The number of piperazine rings is 1. The van der Waals surface area contributed by atoms with Gasteiger partial charge in [0.05, 0.1) is 11.6 Å². The molecule has 0 aromatic carbocycles. The van der Waals surface area contributed by atoms with Crippen LogP contribution in [0.4, 0.5) is 0 Å². The highest BCUT2D eigenvalue weighted by molar-refractivity contribution is 5.93. The molecule has 15 heavy (non-hydrogen) atoms. The molecule has 2 fully saturated rings. The van der Waals surface area contributed by atoms with Crippen LogP contribution in [0.15, 0.2) is 0 Å². The number of nitrogens with one attached hydrogen (secondary N) is 2. The highest BCUT2D eigenvalue weighted by atomic mass is 16.1. The van der Waals surface area contributed by atoms with Crippen LogP contribution in [-0.2, 0) is 4.79 Å². The Bertz CT molecular complexity index is 230. The van der Waals surface area contributed by atoms with Crippen molar-refractivity contribution in [3.63, 3.8) is 0 Å². The topological polar surface area (TPSA) is 55.2 Å². The van der Waals surface area contributed by atoms with Crippen molar-refractivity contribution in [1.82, 2.24) is 16.0 Å². The molecule has 2 rings (SSSR count). The molecular weight excluding hydrogens is 190 g/mol. The molecule has 1 aliphatic heterocycles. The van der Waals surface area contributed by atoms with Crippen molar-refractivity contribution in [2.45, 2.75) is 37.3 Å². The summed E-state index contributed by atoms with van der Waals surface area (Å²) in [6.45, 7) is 2.41. The quantitative estimate of drug-likeness (QED) is 0.670. The molecule has 0 bridgehead atoms. The van der Waals surface area contributed by atoms with Gasteiger partial charge in [-0.05, 0) is 19.9 Å². The average Bonchev–Trinajstić information content (AvgIpc) is 2.79. The number of hydrogen-bond donors (Lipinski definition) is 2. The average molecular weight is 210 g/mol. The van der Waals surface area contributed by atoms with Gasteiger partial charge in [-0.2, -0.15) is 0 Å². The monoisotopic (exact) mass is 210 g/mol. The number of carbonyl (C=O) groups excluding carboxylic acids is 1. The Morgan fingerprint density at radius 3 is 2.73 bits per heavy atom. The third-order valence-electron chi connectivity index (χ3n) is 3.69. The van der Waals surface area contributed by atoms with Gasteiger partial charge in [0.25, 0.3) is 0 Å². The Labute approximate surface area is 91.2 Å². The lowest BCUT2D eigenvalue weighted by atomic mass is 9.87. The van der Waals surface area contributed by atoms with E-state index < -0.39 is 0 Å². The maximum absolute atomic E-state index is 12.4. The predicted molar refractivity (Wildman–Crippen MR) is 58.9 cm³/mol. The van der Waals surface area contributed by atoms with Crippen molar-refractivity contribution in [3.05, 3.63) is 0 Å². The maximum Gasteiger partial charge on any atom is 0.172 e. The van der Waals surface area contributed by atoms with Gasteiger partial charge in [0, 0.05) is 19.6 Å². The minimum absolute atomic E-state index is 0.121. The van der Waals surface area contributed by atoms with E-state index >= 15 is 0 Å². The molecule has 1 unspecified atom stereocenters. The molecular formula is C11H20N3O. The third-order valence-corrected chi connectivity index (χ3v) is 3.69. The standard InChI is InChI=1S/C11H20N3O/c1-12-11(4-2-3-5-11)10(15)9-8-13-6-7-14-9/h9,12-13H,2-8H2,1H3. The summed E-state index contributed by atoms with van der Waals surface area (Å²) < 4.78 is 0. The van der Waals surface area contributed by atoms with Crippen LogP contribution in [0.3, 0.4) is 0 Å². The van der Waals surface area contributed by atoms with Gasteiger partial charge in [-0.15, -0.1) is 0 Å². The lowest BCUT2D eigenvalue weighted by Crippen LogP contribution is -2.59. The molecule has 0 spiro atoms. The second kappa shape index (κ2) is 4.60. The van der Waals surface area contributed by atoms with Crippen molar-refractivity contribution < 1.29 is 4.79 Å². The minimum Gasteiger partial charge on any atom is -0.313 e. The van der Waals surface area contributed by atoms with Gasteiger partial charge in [0.15, 0.2) is 5.78 Å². The molecule has 2 N–H and O–H groups in total. The summed E-state index contributed by atoms with van der Waals surface area (Å²) in [4.78, 5) is 12.4. The Hall–Kier alpha value is -0.450. The molecule has 1 atom stereocenters. The summed E-state index contributed by atoms with van der Waals surface area (Å²) in [6.07, 6.45) is 4.28. The molecule has 1 saturated carbocycles. The van der Waals surface area contributed by atoms with E-state index in [0.717, 1.165) is 45.3 Å². The zero-order valence-corrected chi connectivity index (χ0v) is 9.38. The third kappa shape index (κ3) is 2.07. The summed E-state index contributed by atoms with van der Waals surface area (Å²) in [7, 11) is 1.90. The van der Waals surface area contributed by atoms with Crippen LogP contribution in [0, 0.1) is 0 Å². The van der Waals surface area contributed by atoms with Gasteiger partial charge < -0.3 is 10.6 Å². The van der Waals surface area contributed by atoms with Gasteiger partial charge >= 0.3 is 0 Å². The first-order valence-electron chi connectivity index (χ1n) is 5.89. The number of nitrogens with zero attached hydrogens (tertiary/aromatic N) is 1. The Morgan fingerprint density at radius 2 is 2.20 bits per heavy atom. The fraction of sp³-hybridized carbons (Fsp3) is 0.909. The van der Waals surface area contributed by atoms with E-state index in [1.165, 1.54) is 0 Å². The molecule has 0 amide bonds. The Kier molecular flexibility index (Phi) is 3.38. The summed E-state index contributed by atoms with van der Waals surface area (Å²) in [5.41, 5.74) is -0.271. The van der Waals surface area contributed by atoms with Gasteiger partial charge in [-0.1, -0.05) is 12.8 Å². The second-order valence-electron chi connectivity index (χ2n) is 4.53. The molecule has 0 aromatic rings. The first-order chi connectivity index (χ1) is 7.28. The number of likely N-dealkylation sites (N-methyl/N-ethyl adjacent to an activating group) is 1. The van der Waals surface area contributed by atoms with E-state index in [1.807, 2.05) is 7.05 Å². The predicted octanol–water partition coefficient (Wildman–Crippen LogP) is -0.336. The summed E-state index contributed by atoms with van der Waals surface area (Å²) in [5, 5.41) is 10.9. The largest absolute Gasteiger partial charge is 0.313 e. The first kappa shape index (κ1) is 11.0. The molecule has 1 radical (unpaired) electrons. The normalized spacial score (nSPS) is 30.3. The molecule has 2 aliphatic rings. The van der Waals surface area contributed by atoms with Crippen molar-refractivity contribution in [2.75, 3.05) is 26.7 Å². The summed E-state index contributed by atoms with van der Waals surface area (Å²) >= 11 is 0. The van der Waals surface area contributed by atoms with E-state index in [2.05, 4.69) is 16.0 Å². The van der Waals surface area contributed by atoms with Crippen LogP contribution < -0.4 is 16.0 Å². The van der Waals surface area contributed by atoms with Crippen LogP contribution >= 0.6 is 0 Å². The highest BCUT2D eigenvalue weighted by Crippen LogP contribution is 2.31. The smallest absolute Gasteiger partial charge is 0.172 e. The number of ketones is 1.